The van der Waals surface area contributed by atoms with Gasteiger partial charge in [0.25, 0.3) is 0 Å². The van der Waals surface area contributed by atoms with Crippen LogP contribution in [-0.2, 0) is 21.2 Å². The molecule has 2 aliphatic heterocycles. The molecule has 0 bridgehead atoms. The van der Waals surface area contributed by atoms with E-state index >= 15 is 0 Å². The quantitative estimate of drug-likeness (QED) is 0.788. The molecule has 2 heterocycles. The highest BCUT2D eigenvalue weighted by Crippen LogP contribution is 2.32. The number of sulfonamides is 1. The normalized spacial score (nSPS) is 20.5. The van der Waals surface area contributed by atoms with E-state index in [1.165, 1.54) is 22.0 Å². The van der Waals surface area contributed by atoms with Crippen LogP contribution in [0.1, 0.15) is 18.4 Å². The summed E-state index contributed by atoms with van der Waals surface area (Å²) < 4.78 is 27.3. The molecule has 7 heteroatoms. The molecule has 1 fully saturated rings. The number of benzene rings is 2. The number of hydrogen-bond donors (Lipinski definition) is 0. The second-order valence-electron chi connectivity index (χ2n) is 7.02. The number of para-hydroxylation sites is 1. The molecule has 1 amide bonds. The van der Waals surface area contributed by atoms with Crippen LogP contribution >= 0.6 is 11.6 Å². The fourth-order valence-corrected chi connectivity index (χ4v) is 5.56. The summed E-state index contributed by atoms with van der Waals surface area (Å²) in [4.78, 5) is 15.1. The van der Waals surface area contributed by atoms with Gasteiger partial charge in [-0.15, -0.1) is 0 Å². The highest BCUT2D eigenvalue weighted by molar-refractivity contribution is 7.89. The lowest BCUT2D eigenvalue weighted by molar-refractivity contribution is -0.123. The number of amides is 1. The Morgan fingerprint density at radius 1 is 1.04 bits per heavy atom. The van der Waals surface area contributed by atoms with Gasteiger partial charge in [-0.1, -0.05) is 29.8 Å². The summed E-state index contributed by atoms with van der Waals surface area (Å²) in [6.45, 7) is 1.33. The topological polar surface area (TPSA) is 57.7 Å². The first kappa shape index (κ1) is 18.5. The molecule has 1 saturated heterocycles. The Hall–Kier alpha value is -1.89. The molecule has 0 spiro atoms. The van der Waals surface area contributed by atoms with Gasteiger partial charge in [0.05, 0.1) is 10.8 Å². The molecule has 0 radical (unpaired) electrons. The predicted octanol–water partition coefficient (Wildman–Crippen LogP) is 3.33. The molecule has 0 aromatic heterocycles. The van der Waals surface area contributed by atoms with E-state index in [4.69, 9.17) is 11.6 Å². The molecule has 142 valence electrons. The minimum atomic E-state index is -3.63. The number of fused-ring (bicyclic) bond motifs is 1. The SMILES string of the molecule is O=C(C1CCCN(S(=O)(=O)c2ccc(Cl)cc2)C1)N1CCc2ccccc21. The summed E-state index contributed by atoms with van der Waals surface area (Å²) in [6, 6.07) is 14.1. The van der Waals surface area contributed by atoms with Gasteiger partial charge in [-0.2, -0.15) is 4.31 Å². The van der Waals surface area contributed by atoms with Crippen molar-refractivity contribution in [2.45, 2.75) is 24.2 Å². The number of carbonyl (C=O) groups excluding carboxylic acids is 1. The van der Waals surface area contributed by atoms with Gasteiger partial charge in [-0.05, 0) is 55.2 Å². The molecule has 5 nitrogen and oxygen atoms in total. The molecule has 1 atom stereocenters. The van der Waals surface area contributed by atoms with Crippen molar-refractivity contribution in [2.24, 2.45) is 5.92 Å². The highest BCUT2D eigenvalue weighted by atomic mass is 35.5. The number of anilines is 1. The van der Waals surface area contributed by atoms with Crippen LogP contribution in [0.5, 0.6) is 0 Å². The summed E-state index contributed by atoms with van der Waals surface area (Å²) in [5.74, 6) is -0.289. The number of nitrogens with zero attached hydrogens (tertiary/aromatic N) is 2. The van der Waals surface area contributed by atoms with Gasteiger partial charge >= 0.3 is 0 Å². The maximum absolute atomic E-state index is 13.1. The molecule has 27 heavy (non-hydrogen) atoms. The zero-order valence-corrected chi connectivity index (χ0v) is 16.4. The van der Waals surface area contributed by atoms with Crippen LogP contribution in [0.2, 0.25) is 5.02 Å². The highest BCUT2D eigenvalue weighted by Gasteiger charge is 2.36. The first-order chi connectivity index (χ1) is 13.0. The van der Waals surface area contributed by atoms with Crippen LogP contribution in [0.4, 0.5) is 5.69 Å². The number of hydrogen-bond acceptors (Lipinski definition) is 3. The maximum atomic E-state index is 13.1. The zero-order chi connectivity index (χ0) is 19.0. The minimum absolute atomic E-state index is 0.0240. The second kappa shape index (κ2) is 7.26. The average Bonchev–Trinajstić information content (AvgIpc) is 3.12. The van der Waals surface area contributed by atoms with Crippen molar-refractivity contribution in [3.8, 4) is 0 Å². The minimum Gasteiger partial charge on any atom is -0.312 e. The lowest BCUT2D eigenvalue weighted by Crippen LogP contribution is -2.46. The Balaban J connectivity index is 1.53. The van der Waals surface area contributed by atoms with Crippen molar-refractivity contribution in [2.75, 3.05) is 24.5 Å². The molecule has 1 unspecified atom stereocenters. The Kier molecular flexibility index (Phi) is 4.97. The number of piperidine rings is 1. The molecule has 2 aliphatic rings. The van der Waals surface area contributed by atoms with E-state index in [0.29, 0.717) is 31.0 Å². The molecule has 2 aromatic rings. The van der Waals surface area contributed by atoms with E-state index in [2.05, 4.69) is 0 Å². The summed E-state index contributed by atoms with van der Waals surface area (Å²) in [5.41, 5.74) is 2.13. The van der Waals surface area contributed by atoms with Crippen LogP contribution in [0, 0.1) is 5.92 Å². The molecule has 2 aromatic carbocycles. The van der Waals surface area contributed by atoms with Gasteiger partial charge in [-0.3, -0.25) is 4.79 Å². The van der Waals surface area contributed by atoms with Gasteiger partial charge in [0.2, 0.25) is 15.9 Å². The fraction of sp³-hybridized carbons (Fsp3) is 0.350. The van der Waals surface area contributed by atoms with Crippen LogP contribution in [0.25, 0.3) is 0 Å². The molecule has 4 rings (SSSR count). The Morgan fingerprint density at radius 3 is 2.56 bits per heavy atom. The zero-order valence-electron chi connectivity index (χ0n) is 14.8. The molecule has 0 saturated carbocycles. The number of carbonyl (C=O) groups is 1. The van der Waals surface area contributed by atoms with E-state index in [1.54, 1.807) is 12.1 Å². The first-order valence-electron chi connectivity index (χ1n) is 9.12. The Labute approximate surface area is 164 Å². The average molecular weight is 405 g/mol. The van der Waals surface area contributed by atoms with Gasteiger partial charge < -0.3 is 4.90 Å². The summed E-state index contributed by atoms with van der Waals surface area (Å²) >= 11 is 5.87. The van der Waals surface area contributed by atoms with Crippen LogP contribution < -0.4 is 4.90 Å². The maximum Gasteiger partial charge on any atom is 0.243 e. The third-order valence-corrected chi connectivity index (χ3v) is 7.47. The van der Waals surface area contributed by atoms with Gasteiger partial charge in [0, 0.05) is 30.3 Å². The van der Waals surface area contributed by atoms with E-state index in [9.17, 15) is 13.2 Å². The standard InChI is InChI=1S/C20H21ClN2O3S/c21-17-7-9-18(10-8-17)27(25,26)22-12-3-5-16(14-22)20(24)23-13-11-15-4-1-2-6-19(15)23/h1-2,4,6-10,16H,3,5,11-14H2. The Bertz CT molecular complexity index is 959. The lowest BCUT2D eigenvalue weighted by Gasteiger charge is -2.33. The van der Waals surface area contributed by atoms with Crippen molar-refractivity contribution in [1.29, 1.82) is 0 Å². The van der Waals surface area contributed by atoms with Crippen LogP contribution in [-0.4, -0.2) is 38.3 Å². The lowest BCUT2D eigenvalue weighted by atomic mass is 9.98. The van der Waals surface area contributed by atoms with E-state index < -0.39 is 10.0 Å². The van der Waals surface area contributed by atoms with E-state index in [0.717, 1.165) is 12.1 Å². The third-order valence-electron chi connectivity index (χ3n) is 5.34. The first-order valence-corrected chi connectivity index (χ1v) is 10.9. The van der Waals surface area contributed by atoms with Crippen molar-refractivity contribution < 1.29 is 13.2 Å². The van der Waals surface area contributed by atoms with E-state index in [1.807, 2.05) is 29.2 Å². The van der Waals surface area contributed by atoms with Crippen molar-refractivity contribution in [3.63, 3.8) is 0 Å². The van der Waals surface area contributed by atoms with Gasteiger partial charge in [0.15, 0.2) is 0 Å². The number of rotatable bonds is 3. The van der Waals surface area contributed by atoms with Crippen molar-refractivity contribution in [3.05, 3.63) is 59.1 Å². The van der Waals surface area contributed by atoms with Crippen molar-refractivity contribution >= 4 is 33.2 Å². The molecular weight excluding hydrogens is 384 g/mol. The monoisotopic (exact) mass is 404 g/mol. The largest absolute Gasteiger partial charge is 0.312 e. The summed E-state index contributed by atoms with van der Waals surface area (Å²) in [7, 11) is -3.63. The summed E-state index contributed by atoms with van der Waals surface area (Å²) in [6.07, 6.45) is 2.24. The fourth-order valence-electron chi connectivity index (χ4n) is 3.91. The number of halogens is 1. The molecule has 0 aliphatic carbocycles. The van der Waals surface area contributed by atoms with Crippen molar-refractivity contribution in [1.82, 2.24) is 4.31 Å². The van der Waals surface area contributed by atoms with Gasteiger partial charge in [-0.25, -0.2) is 8.42 Å². The second-order valence-corrected chi connectivity index (χ2v) is 9.40. The Morgan fingerprint density at radius 2 is 1.78 bits per heavy atom. The third kappa shape index (κ3) is 3.49. The molecule has 0 N–H and O–H groups in total. The van der Waals surface area contributed by atoms with Gasteiger partial charge in [0.1, 0.15) is 0 Å². The molecular formula is C20H21ClN2O3S. The van der Waals surface area contributed by atoms with Crippen LogP contribution in [0.3, 0.4) is 0 Å². The van der Waals surface area contributed by atoms with E-state index in [-0.39, 0.29) is 23.3 Å². The summed E-state index contributed by atoms with van der Waals surface area (Å²) in [5, 5.41) is 0.494. The smallest absolute Gasteiger partial charge is 0.243 e. The van der Waals surface area contributed by atoms with Crippen LogP contribution in [0.15, 0.2) is 53.4 Å². The predicted molar refractivity (Wildman–Crippen MR) is 105 cm³/mol.